The minimum atomic E-state index is -1.18. The number of hydrogen-bond acceptors (Lipinski definition) is 6. The number of aromatic nitrogens is 2. The van der Waals surface area contributed by atoms with Gasteiger partial charge in [0.25, 0.3) is 0 Å². The molecule has 1 aromatic heterocycles. The first-order valence-electron chi connectivity index (χ1n) is 4.07. The zero-order chi connectivity index (χ0) is 11.1. The number of aliphatic carboxylic acids is 1. The molecule has 0 aliphatic heterocycles. The highest BCUT2D eigenvalue weighted by Gasteiger charge is 2.01. The largest absolute Gasteiger partial charge is 0.475 e. The highest BCUT2D eigenvalue weighted by Crippen LogP contribution is 2.09. The molecular formula is C7H10N4O2S2. The lowest BCUT2D eigenvalue weighted by Crippen LogP contribution is -2.23. The van der Waals surface area contributed by atoms with E-state index in [0.29, 0.717) is 12.3 Å². The molecule has 3 N–H and O–H groups in total. The summed E-state index contributed by atoms with van der Waals surface area (Å²) in [7, 11) is 0. The molecule has 1 aromatic rings. The molecule has 0 aliphatic rings. The summed E-state index contributed by atoms with van der Waals surface area (Å²) >= 11 is 2.79. The van der Waals surface area contributed by atoms with Gasteiger partial charge in [-0.2, -0.15) is 20.5 Å². The molecule has 6 nitrogen and oxygen atoms in total. The van der Waals surface area contributed by atoms with Crippen LogP contribution in [0.5, 0.6) is 0 Å². The molecule has 0 saturated heterocycles. The highest BCUT2D eigenvalue weighted by molar-refractivity contribution is 7.98. The van der Waals surface area contributed by atoms with Crippen molar-refractivity contribution < 1.29 is 9.90 Å². The van der Waals surface area contributed by atoms with Crippen molar-refractivity contribution in [3.05, 3.63) is 11.9 Å². The Balaban J connectivity index is 2.12. The maximum Gasteiger partial charge on any atom is 0.370 e. The van der Waals surface area contributed by atoms with Crippen LogP contribution in [0.15, 0.2) is 11.2 Å². The van der Waals surface area contributed by atoms with Gasteiger partial charge in [-0.1, -0.05) is 0 Å². The van der Waals surface area contributed by atoms with Crippen LogP contribution in [0, 0.1) is 0 Å². The zero-order valence-corrected chi connectivity index (χ0v) is 9.42. The Morgan fingerprint density at radius 1 is 1.73 bits per heavy atom. The molecule has 0 aliphatic carbocycles. The predicted molar refractivity (Wildman–Crippen MR) is 60.2 cm³/mol. The first kappa shape index (κ1) is 11.9. The summed E-state index contributed by atoms with van der Waals surface area (Å²) < 4.78 is 7.90. The van der Waals surface area contributed by atoms with Crippen molar-refractivity contribution in [2.45, 2.75) is 5.75 Å². The van der Waals surface area contributed by atoms with Crippen LogP contribution in [0.2, 0.25) is 0 Å². The number of amidine groups is 1. The molecule has 8 heteroatoms. The van der Waals surface area contributed by atoms with Gasteiger partial charge >= 0.3 is 5.97 Å². The van der Waals surface area contributed by atoms with Crippen LogP contribution in [0.1, 0.15) is 5.69 Å². The van der Waals surface area contributed by atoms with Crippen molar-refractivity contribution >= 4 is 35.3 Å². The van der Waals surface area contributed by atoms with Gasteiger partial charge < -0.3 is 10.8 Å². The summed E-state index contributed by atoms with van der Waals surface area (Å²) in [6, 6.07) is 0. The smallest absolute Gasteiger partial charge is 0.370 e. The van der Waals surface area contributed by atoms with Gasteiger partial charge in [0.1, 0.15) is 0 Å². The molecule has 1 heterocycles. The van der Waals surface area contributed by atoms with Crippen LogP contribution in [-0.4, -0.2) is 38.0 Å². The van der Waals surface area contributed by atoms with Crippen LogP contribution < -0.4 is 5.73 Å². The van der Waals surface area contributed by atoms with Gasteiger partial charge in [0.15, 0.2) is 0 Å². The second kappa shape index (κ2) is 6.36. The summed E-state index contributed by atoms with van der Waals surface area (Å²) in [5.74, 6) is -0.0422. The number of nitrogens with two attached hydrogens (primary N) is 1. The predicted octanol–water partition coefficient (Wildman–Crippen LogP) is 0.213. The number of carbonyl (C=O) groups is 1. The lowest BCUT2D eigenvalue weighted by Gasteiger charge is -1.96. The summed E-state index contributed by atoms with van der Waals surface area (Å²) in [5.41, 5.74) is 6.04. The van der Waals surface area contributed by atoms with E-state index in [1.807, 2.05) is 0 Å². The van der Waals surface area contributed by atoms with Crippen LogP contribution in [0.25, 0.3) is 0 Å². The Bertz CT molecular complexity index is 339. The minimum absolute atomic E-state index is 0.342. The molecule has 0 spiro atoms. The second-order valence-corrected chi connectivity index (χ2v) is 4.19. The van der Waals surface area contributed by atoms with Crippen molar-refractivity contribution in [3.8, 4) is 0 Å². The van der Waals surface area contributed by atoms with E-state index < -0.39 is 5.97 Å². The van der Waals surface area contributed by atoms with Gasteiger partial charge in [0.05, 0.1) is 30.2 Å². The van der Waals surface area contributed by atoms with Crippen LogP contribution in [0.3, 0.4) is 0 Å². The Hall–Kier alpha value is -1.15. The Morgan fingerprint density at radius 2 is 2.53 bits per heavy atom. The highest BCUT2D eigenvalue weighted by atomic mass is 32.2. The first-order valence-corrected chi connectivity index (χ1v) is 5.96. The SMILES string of the molecule is NC(=NCCSCc1cnsn1)C(=O)O. The van der Waals surface area contributed by atoms with E-state index in [1.165, 1.54) is 11.7 Å². The van der Waals surface area contributed by atoms with Gasteiger partial charge in [-0.05, 0) is 0 Å². The Morgan fingerprint density at radius 3 is 3.13 bits per heavy atom. The normalized spacial score (nSPS) is 11.6. The number of hydrogen-bond donors (Lipinski definition) is 2. The molecule has 0 radical (unpaired) electrons. The molecule has 0 aromatic carbocycles. The molecule has 0 amide bonds. The van der Waals surface area contributed by atoms with E-state index in [0.717, 1.165) is 11.4 Å². The first-order chi connectivity index (χ1) is 7.20. The summed E-state index contributed by atoms with van der Waals surface area (Å²) in [5, 5.41) is 8.41. The van der Waals surface area contributed by atoms with Crippen molar-refractivity contribution in [1.29, 1.82) is 0 Å². The maximum absolute atomic E-state index is 10.3. The molecular weight excluding hydrogens is 236 g/mol. The number of thioether (sulfide) groups is 1. The maximum atomic E-state index is 10.3. The fourth-order valence-electron chi connectivity index (χ4n) is 0.723. The fourth-order valence-corrected chi connectivity index (χ4v) is 1.95. The number of carboxylic acids is 1. The third-order valence-corrected chi connectivity index (χ3v) is 2.88. The molecule has 1 rings (SSSR count). The fraction of sp³-hybridized carbons (Fsp3) is 0.429. The van der Waals surface area contributed by atoms with E-state index >= 15 is 0 Å². The number of aliphatic imine (C=N–C) groups is 1. The van der Waals surface area contributed by atoms with Crippen LogP contribution >= 0.6 is 23.5 Å². The molecule has 0 unspecified atom stereocenters. The van der Waals surface area contributed by atoms with Crippen molar-refractivity contribution in [2.24, 2.45) is 10.7 Å². The molecule has 0 fully saturated rings. The number of nitrogens with zero attached hydrogens (tertiary/aromatic N) is 3. The van der Waals surface area contributed by atoms with Crippen molar-refractivity contribution in [2.75, 3.05) is 12.3 Å². The lowest BCUT2D eigenvalue weighted by molar-refractivity contribution is -0.129. The van der Waals surface area contributed by atoms with E-state index in [2.05, 4.69) is 13.7 Å². The van der Waals surface area contributed by atoms with Crippen molar-refractivity contribution in [3.63, 3.8) is 0 Å². The molecule has 0 saturated carbocycles. The van der Waals surface area contributed by atoms with Gasteiger partial charge in [-0.3, -0.25) is 4.99 Å². The third-order valence-electron chi connectivity index (χ3n) is 1.39. The number of carboxylic acid groups (broad SMARTS) is 1. The molecule has 0 bridgehead atoms. The van der Waals surface area contributed by atoms with Gasteiger partial charge in [0.2, 0.25) is 5.84 Å². The topological polar surface area (TPSA) is 101 Å². The number of rotatable bonds is 5. The average molecular weight is 246 g/mol. The van der Waals surface area contributed by atoms with Crippen LogP contribution in [-0.2, 0) is 10.5 Å². The summed E-state index contributed by atoms with van der Waals surface area (Å²) in [6.07, 6.45) is 1.71. The zero-order valence-electron chi connectivity index (χ0n) is 7.79. The summed E-state index contributed by atoms with van der Waals surface area (Å²) in [4.78, 5) is 14.0. The third kappa shape index (κ3) is 4.75. The summed E-state index contributed by atoms with van der Waals surface area (Å²) in [6.45, 7) is 0.403. The lowest BCUT2D eigenvalue weighted by atomic mass is 10.6. The van der Waals surface area contributed by atoms with Gasteiger partial charge in [-0.25, -0.2) is 4.79 Å². The van der Waals surface area contributed by atoms with E-state index in [-0.39, 0.29) is 5.84 Å². The van der Waals surface area contributed by atoms with E-state index in [1.54, 1.807) is 18.0 Å². The van der Waals surface area contributed by atoms with Gasteiger partial charge in [-0.15, -0.1) is 0 Å². The second-order valence-electron chi connectivity index (χ2n) is 2.52. The molecule has 0 atom stereocenters. The van der Waals surface area contributed by atoms with E-state index in [9.17, 15) is 4.79 Å². The van der Waals surface area contributed by atoms with Crippen molar-refractivity contribution in [1.82, 2.24) is 8.75 Å². The van der Waals surface area contributed by atoms with E-state index in [4.69, 9.17) is 10.8 Å². The Kier molecular flexibility index (Phi) is 5.05. The monoisotopic (exact) mass is 246 g/mol. The Labute approximate surface area is 94.9 Å². The molecule has 82 valence electrons. The van der Waals surface area contributed by atoms with Gasteiger partial charge in [0, 0.05) is 11.5 Å². The average Bonchev–Trinajstić information content (AvgIpc) is 2.69. The quantitative estimate of drug-likeness (QED) is 0.437. The standard InChI is InChI=1S/C7H10N4O2S2/c8-6(7(12)13)9-1-2-14-4-5-3-10-15-11-5/h3H,1-2,4H2,(H2,8,9)(H,12,13). The molecule has 15 heavy (non-hydrogen) atoms. The minimum Gasteiger partial charge on any atom is -0.475 e. The van der Waals surface area contributed by atoms with Crippen LogP contribution in [0.4, 0.5) is 0 Å².